The number of carbonyl (C=O) groups is 1. The molecule has 6 nitrogen and oxygen atoms in total. The van der Waals surface area contributed by atoms with Crippen molar-refractivity contribution in [3.8, 4) is 6.07 Å². The van der Waals surface area contributed by atoms with Crippen molar-refractivity contribution in [3.05, 3.63) is 23.2 Å². The summed E-state index contributed by atoms with van der Waals surface area (Å²) in [6.45, 7) is 1.98. The van der Waals surface area contributed by atoms with Crippen molar-refractivity contribution < 1.29 is 9.53 Å². The summed E-state index contributed by atoms with van der Waals surface area (Å²) in [4.78, 5) is 21.4. The van der Waals surface area contributed by atoms with Crippen LogP contribution in [-0.4, -0.2) is 47.1 Å². The molecule has 1 fully saturated rings. The smallest absolute Gasteiger partial charge is 0.246 e. The van der Waals surface area contributed by atoms with Gasteiger partial charge in [0.1, 0.15) is 11.5 Å². The number of rotatable bonds is 2. The average molecular weight is 267 g/mol. The Morgan fingerprint density at radius 3 is 2.83 bits per heavy atom. The molecule has 0 bridgehead atoms. The predicted octanol–water partition coefficient (Wildman–Crippen LogP) is 0.596. The summed E-state index contributed by atoms with van der Waals surface area (Å²) in [5, 5.41) is 9.36. The maximum absolute atomic E-state index is 12.2. The van der Waals surface area contributed by atoms with Crippen molar-refractivity contribution in [1.82, 2.24) is 14.9 Å². The summed E-state index contributed by atoms with van der Waals surface area (Å²) in [5.74, 6) is -1.21. The number of nitrogens with zero attached hydrogens (tertiary/aromatic N) is 4. The molecule has 18 heavy (non-hydrogen) atoms. The molecule has 7 heteroatoms. The molecule has 1 amide bonds. The van der Waals surface area contributed by atoms with E-state index in [9.17, 15) is 4.79 Å². The van der Waals surface area contributed by atoms with Gasteiger partial charge in [0.25, 0.3) is 0 Å². The minimum atomic E-state index is -0.941. The van der Waals surface area contributed by atoms with Gasteiger partial charge < -0.3 is 9.64 Å². The van der Waals surface area contributed by atoms with Crippen molar-refractivity contribution in [2.45, 2.75) is 5.92 Å². The van der Waals surface area contributed by atoms with Crippen LogP contribution in [0.4, 0.5) is 0 Å². The van der Waals surface area contributed by atoms with E-state index in [1.165, 1.54) is 12.4 Å². The van der Waals surface area contributed by atoms with Crippen molar-refractivity contribution >= 4 is 17.5 Å². The molecule has 0 aliphatic carbocycles. The van der Waals surface area contributed by atoms with Crippen LogP contribution in [0.3, 0.4) is 0 Å². The quantitative estimate of drug-likeness (QED) is 0.732. The molecule has 1 aliphatic rings. The Balaban J connectivity index is 2.18. The van der Waals surface area contributed by atoms with E-state index in [0.29, 0.717) is 32.0 Å². The standard InChI is InChI=1S/C11H11ClN4O2/c12-10-5-9(14-7-15-10)8(6-13)11(17)16-1-3-18-4-2-16/h5,7-8H,1-4H2/t8-/m1/s1. The van der Waals surface area contributed by atoms with Gasteiger partial charge in [-0.15, -0.1) is 0 Å². The normalized spacial score (nSPS) is 17.0. The molecule has 2 heterocycles. The Morgan fingerprint density at radius 1 is 1.50 bits per heavy atom. The van der Waals surface area contributed by atoms with Crippen molar-refractivity contribution in [2.24, 2.45) is 0 Å². The second-order valence-corrected chi connectivity index (χ2v) is 4.15. The third kappa shape index (κ3) is 2.75. The van der Waals surface area contributed by atoms with Crippen LogP contribution in [0.15, 0.2) is 12.4 Å². The Hall–Kier alpha value is -1.71. The largest absolute Gasteiger partial charge is 0.378 e. The number of halogens is 1. The molecule has 0 spiro atoms. The minimum Gasteiger partial charge on any atom is -0.378 e. The van der Waals surface area contributed by atoms with E-state index >= 15 is 0 Å². The van der Waals surface area contributed by atoms with Crippen LogP contribution in [0.1, 0.15) is 11.6 Å². The Labute approximate surface area is 109 Å². The fourth-order valence-corrected chi connectivity index (χ4v) is 1.87. The first-order chi connectivity index (χ1) is 8.72. The molecule has 0 saturated carbocycles. The zero-order valence-electron chi connectivity index (χ0n) is 9.54. The van der Waals surface area contributed by atoms with E-state index in [2.05, 4.69) is 9.97 Å². The molecule has 2 rings (SSSR count). The maximum Gasteiger partial charge on any atom is 0.246 e. The second kappa shape index (κ2) is 5.76. The van der Waals surface area contributed by atoms with Crippen LogP contribution < -0.4 is 0 Å². The number of hydrogen-bond donors (Lipinski definition) is 0. The number of hydrogen-bond acceptors (Lipinski definition) is 5. The Morgan fingerprint density at radius 2 is 2.22 bits per heavy atom. The van der Waals surface area contributed by atoms with Crippen molar-refractivity contribution in [2.75, 3.05) is 26.3 Å². The molecule has 1 aromatic rings. The summed E-state index contributed by atoms with van der Waals surface area (Å²) in [6, 6.07) is 3.40. The van der Waals surface area contributed by atoms with E-state index in [4.69, 9.17) is 21.6 Å². The van der Waals surface area contributed by atoms with Crippen LogP contribution in [-0.2, 0) is 9.53 Å². The molecule has 1 saturated heterocycles. The van der Waals surface area contributed by atoms with Gasteiger partial charge in [0, 0.05) is 13.1 Å². The van der Waals surface area contributed by atoms with Crippen molar-refractivity contribution in [3.63, 3.8) is 0 Å². The molecule has 0 unspecified atom stereocenters. The number of aromatic nitrogens is 2. The van der Waals surface area contributed by atoms with Crippen molar-refractivity contribution in [1.29, 1.82) is 5.26 Å². The third-order valence-electron chi connectivity index (χ3n) is 2.65. The second-order valence-electron chi connectivity index (χ2n) is 3.77. The molecule has 0 N–H and O–H groups in total. The maximum atomic E-state index is 12.2. The predicted molar refractivity (Wildman–Crippen MR) is 62.8 cm³/mol. The molecule has 0 radical (unpaired) electrons. The number of ether oxygens (including phenoxy) is 1. The summed E-state index contributed by atoms with van der Waals surface area (Å²) < 4.78 is 5.16. The van der Waals surface area contributed by atoms with Gasteiger partial charge >= 0.3 is 0 Å². The molecular weight excluding hydrogens is 256 g/mol. The van der Waals surface area contributed by atoms with Gasteiger partial charge in [0.05, 0.1) is 25.0 Å². The number of morpholine rings is 1. The lowest BCUT2D eigenvalue weighted by molar-refractivity contribution is -0.135. The highest BCUT2D eigenvalue weighted by Gasteiger charge is 2.28. The van der Waals surface area contributed by atoms with Gasteiger partial charge in [-0.3, -0.25) is 4.79 Å². The van der Waals surface area contributed by atoms with Crippen LogP contribution in [0.2, 0.25) is 5.15 Å². The fourth-order valence-electron chi connectivity index (χ4n) is 1.72. The van der Waals surface area contributed by atoms with E-state index < -0.39 is 5.92 Å². The number of carbonyl (C=O) groups excluding carboxylic acids is 1. The van der Waals surface area contributed by atoms with Gasteiger partial charge in [-0.1, -0.05) is 11.6 Å². The average Bonchev–Trinajstić information content (AvgIpc) is 2.40. The van der Waals surface area contributed by atoms with E-state index in [0.717, 1.165) is 0 Å². The third-order valence-corrected chi connectivity index (χ3v) is 2.86. The molecule has 94 valence electrons. The number of amides is 1. The lowest BCUT2D eigenvalue weighted by Gasteiger charge is -2.28. The molecule has 1 aromatic heterocycles. The fraction of sp³-hybridized carbons (Fsp3) is 0.455. The molecular formula is C11H11ClN4O2. The molecule has 1 aliphatic heterocycles. The Bertz CT molecular complexity index is 482. The summed E-state index contributed by atoms with van der Waals surface area (Å²) in [6.07, 6.45) is 1.24. The minimum absolute atomic E-state index is 0.218. The monoisotopic (exact) mass is 266 g/mol. The Kier molecular flexibility index (Phi) is 4.07. The highest BCUT2D eigenvalue weighted by atomic mass is 35.5. The van der Waals surface area contributed by atoms with Crippen LogP contribution in [0, 0.1) is 11.3 Å². The summed E-state index contributed by atoms with van der Waals surface area (Å²) >= 11 is 5.73. The van der Waals surface area contributed by atoms with Gasteiger partial charge in [-0.25, -0.2) is 9.97 Å². The van der Waals surface area contributed by atoms with Gasteiger partial charge in [-0.2, -0.15) is 5.26 Å². The van der Waals surface area contributed by atoms with Crippen LogP contribution in [0.5, 0.6) is 0 Å². The van der Waals surface area contributed by atoms with Crippen LogP contribution >= 0.6 is 11.6 Å². The summed E-state index contributed by atoms with van der Waals surface area (Å²) in [5.41, 5.74) is 0.328. The topological polar surface area (TPSA) is 79.1 Å². The SMILES string of the molecule is N#C[C@@H](C(=O)N1CCOCC1)c1cc(Cl)ncn1. The van der Waals surface area contributed by atoms with E-state index in [-0.39, 0.29) is 11.1 Å². The first kappa shape index (κ1) is 12.7. The van der Waals surface area contributed by atoms with Gasteiger partial charge in [0.2, 0.25) is 5.91 Å². The summed E-state index contributed by atoms with van der Waals surface area (Å²) in [7, 11) is 0. The highest BCUT2D eigenvalue weighted by molar-refractivity contribution is 6.29. The lowest BCUT2D eigenvalue weighted by atomic mass is 10.1. The van der Waals surface area contributed by atoms with E-state index in [1.54, 1.807) is 4.90 Å². The highest BCUT2D eigenvalue weighted by Crippen LogP contribution is 2.18. The lowest BCUT2D eigenvalue weighted by Crippen LogP contribution is -2.43. The number of nitriles is 1. The molecule has 0 aromatic carbocycles. The zero-order valence-corrected chi connectivity index (χ0v) is 10.3. The van der Waals surface area contributed by atoms with Gasteiger partial charge in [0.15, 0.2) is 5.92 Å². The van der Waals surface area contributed by atoms with Gasteiger partial charge in [-0.05, 0) is 6.07 Å². The van der Waals surface area contributed by atoms with Crippen LogP contribution in [0.25, 0.3) is 0 Å². The molecule has 1 atom stereocenters. The first-order valence-electron chi connectivity index (χ1n) is 5.46. The van der Waals surface area contributed by atoms with E-state index in [1.807, 2.05) is 6.07 Å². The first-order valence-corrected chi connectivity index (χ1v) is 5.84. The zero-order chi connectivity index (χ0) is 13.0.